The van der Waals surface area contributed by atoms with Crippen LogP contribution in [0.5, 0.6) is 11.5 Å². The lowest BCUT2D eigenvalue weighted by Gasteiger charge is -2.37. The molecule has 4 rings (SSSR count). The van der Waals surface area contributed by atoms with Gasteiger partial charge in [-0.25, -0.2) is 4.31 Å². The Hall–Kier alpha value is -2.19. The predicted octanol–water partition coefficient (Wildman–Crippen LogP) is 2.73. The number of rotatable bonds is 5. The van der Waals surface area contributed by atoms with Crippen molar-refractivity contribution < 1.29 is 14.3 Å². The largest absolute Gasteiger partial charge is 0.487 e. The molecule has 2 aromatic rings. The molecule has 1 aromatic heterocycles. The molecule has 3 heterocycles. The van der Waals surface area contributed by atoms with Crippen molar-refractivity contribution in [3.05, 3.63) is 35.5 Å². The second kappa shape index (κ2) is 6.76. The number of amides is 1. The molecule has 1 amide bonds. The van der Waals surface area contributed by atoms with E-state index >= 15 is 0 Å². The van der Waals surface area contributed by atoms with E-state index in [0.29, 0.717) is 11.4 Å². The van der Waals surface area contributed by atoms with Crippen LogP contribution in [-0.4, -0.2) is 51.0 Å². The molecule has 0 radical (unpaired) electrons. The molecule has 0 bridgehead atoms. The third kappa shape index (κ3) is 3.77. The third-order valence-electron chi connectivity index (χ3n) is 4.74. The zero-order chi connectivity index (χ0) is 19.2. The number of hydrogen-bond acceptors (Lipinski definition) is 6. The molecule has 8 heteroatoms. The fourth-order valence-corrected chi connectivity index (χ4v) is 3.99. The number of hydrogen-bond donors (Lipinski definition) is 1. The van der Waals surface area contributed by atoms with Crippen LogP contribution in [0.2, 0.25) is 0 Å². The molecule has 0 unspecified atom stereocenters. The van der Waals surface area contributed by atoms with Crippen molar-refractivity contribution in [3.63, 3.8) is 0 Å². The van der Waals surface area contributed by atoms with Crippen LogP contribution in [0.15, 0.2) is 24.4 Å². The number of aromatic nitrogens is 2. The van der Waals surface area contributed by atoms with Crippen LogP contribution in [0.3, 0.4) is 0 Å². The normalized spacial score (nSPS) is 18.5. The number of fused-ring (bicyclic) bond motifs is 1. The SMILES string of the molecule is CSN1CC(Oc2cc(C(=O)Nc3ccn(C)n3)cc3c2CC(C)(C)O3)C1. The Labute approximate surface area is 163 Å². The molecule has 144 valence electrons. The number of carbonyl (C=O) groups excluding carboxylic acids is 1. The van der Waals surface area contributed by atoms with Crippen LogP contribution in [0, 0.1) is 0 Å². The van der Waals surface area contributed by atoms with E-state index in [-0.39, 0.29) is 17.6 Å². The summed E-state index contributed by atoms with van der Waals surface area (Å²) >= 11 is 1.72. The summed E-state index contributed by atoms with van der Waals surface area (Å²) in [6.45, 7) is 5.85. The van der Waals surface area contributed by atoms with Crippen LogP contribution in [-0.2, 0) is 13.5 Å². The van der Waals surface area contributed by atoms with Gasteiger partial charge in [0.1, 0.15) is 23.2 Å². The number of benzene rings is 1. The van der Waals surface area contributed by atoms with E-state index in [4.69, 9.17) is 9.47 Å². The lowest BCUT2D eigenvalue weighted by molar-refractivity contribution is 0.0828. The second-order valence-corrected chi connectivity index (χ2v) is 8.47. The summed E-state index contributed by atoms with van der Waals surface area (Å²) in [5, 5.41) is 7.02. The third-order valence-corrected chi connectivity index (χ3v) is 5.56. The number of carbonyl (C=O) groups is 1. The Morgan fingerprint density at radius 2 is 2.19 bits per heavy atom. The van der Waals surface area contributed by atoms with Gasteiger partial charge in [-0.15, -0.1) is 0 Å². The summed E-state index contributed by atoms with van der Waals surface area (Å²) in [6, 6.07) is 5.38. The molecule has 1 fully saturated rings. The average molecular weight is 388 g/mol. The first-order valence-corrected chi connectivity index (χ1v) is 10.1. The molecule has 0 saturated carbocycles. The van der Waals surface area contributed by atoms with Crippen LogP contribution in [0.25, 0.3) is 0 Å². The van der Waals surface area contributed by atoms with Crippen molar-refractivity contribution in [2.45, 2.75) is 32.0 Å². The van der Waals surface area contributed by atoms with E-state index in [1.807, 2.05) is 27.0 Å². The molecule has 1 N–H and O–H groups in total. The van der Waals surface area contributed by atoms with Crippen LogP contribution < -0.4 is 14.8 Å². The Bertz CT molecular complexity index is 874. The minimum absolute atomic E-state index is 0.138. The zero-order valence-electron chi connectivity index (χ0n) is 16.0. The topological polar surface area (TPSA) is 68.6 Å². The van der Waals surface area contributed by atoms with Gasteiger partial charge < -0.3 is 14.8 Å². The number of nitrogens with zero attached hydrogens (tertiary/aromatic N) is 3. The highest BCUT2D eigenvalue weighted by Crippen LogP contribution is 2.42. The highest BCUT2D eigenvalue weighted by Gasteiger charge is 2.36. The van der Waals surface area contributed by atoms with E-state index in [2.05, 4.69) is 21.0 Å². The maximum Gasteiger partial charge on any atom is 0.257 e. The molecule has 27 heavy (non-hydrogen) atoms. The van der Waals surface area contributed by atoms with E-state index in [1.165, 1.54) is 0 Å². The van der Waals surface area contributed by atoms with Crippen molar-refractivity contribution in [3.8, 4) is 11.5 Å². The summed E-state index contributed by atoms with van der Waals surface area (Å²) in [4.78, 5) is 12.7. The van der Waals surface area contributed by atoms with Gasteiger partial charge in [-0.1, -0.05) is 11.9 Å². The first-order chi connectivity index (χ1) is 12.8. The van der Waals surface area contributed by atoms with E-state index in [9.17, 15) is 4.79 Å². The molecule has 0 atom stereocenters. The summed E-state index contributed by atoms with van der Waals surface area (Å²) in [7, 11) is 1.81. The van der Waals surface area contributed by atoms with Crippen molar-refractivity contribution in [1.82, 2.24) is 14.1 Å². The van der Waals surface area contributed by atoms with Crippen molar-refractivity contribution >= 4 is 23.7 Å². The smallest absolute Gasteiger partial charge is 0.257 e. The van der Waals surface area contributed by atoms with Gasteiger partial charge >= 0.3 is 0 Å². The Morgan fingerprint density at radius 1 is 1.41 bits per heavy atom. The fourth-order valence-electron chi connectivity index (χ4n) is 3.35. The number of ether oxygens (including phenoxy) is 2. The van der Waals surface area contributed by atoms with Crippen LogP contribution in [0.4, 0.5) is 5.82 Å². The monoisotopic (exact) mass is 388 g/mol. The highest BCUT2D eigenvalue weighted by atomic mass is 32.2. The van der Waals surface area contributed by atoms with Crippen LogP contribution in [0.1, 0.15) is 29.8 Å². The minimum Gasteiger partial charge on any atom is -0.487 e. The molecule has 2 aliphatic rings. The molecule has 1 aromatic carbocycles. The number of nitrogens with one attached hydrogen (secondary N) is 1. The first kappa shape index (κ1) is 18.2. The van der Waals surface area contributed by atoms with E-state index in [1.54, 1.807) is 35.0 Å². The van der Waals surface area contributed by atoms with Crippen LogP contribution >= 0.6 is 11.9 Å². The van der Waals surface area contributed by atoms with Gasteiger partial charge in [-0.3, -0.25) is 9.48 Å². The molecule has 0 spiro atoms. The molecule has 2 aliphatic heterocycles. The fraction of sp³-hybridized carbons (Fsp3) is 0.474. The van der Waals surface area contributed by atoms with Gasteiger partial charge in [-0.2, -0.15) is 5.10 Å². The maximum absolute atomic E-state index is 12.7. The minimum atomic E-state index is -0.304. The average Bonchev–Trinajstić information content (AvgIpc) is 3.11. The summed E-state index contributed by atoms with van der Waals surface area (Å²) < 4.78 is 16.2. The van der Waals surface area contributed by atoms with Crippen molar-refractivity contribution in [2.24, 2.45) is 7.05 Å². The quantitative estimate of drug-likeness (QED) is 0.795. The van der Waals surface area contributed by atoms with Crippen molar-refractivity contribution in [1.29, 1.82) is 0 Å². The number of anilines is 1. The summed E-state index contributed by atoms with van der Waals surface area (Å²) in [5.74, 6) is 1.76. The van der Waals surface area contributed by atoms with Gasteiger partial charge in [0.2, 0.25) is 0 Å². The van der Waals surface area contributed by atoms with Gasteiger partial charge in [0.15, 0.2) is 5.82 Å². The first-order valence-electron chi connectivity index (χ1n) is 8.95. The van der Waals surface area contributed by atoms with Gasteiger partial charge in [0.25, 0.3) is 5.91 Å². The molecular formula is C19H24N4O3S. The summed E-state index contributed by atoms with van der Waals surface area (Å²) in [6.07, 6.45) is 4.75. The van der Waals surface area contributed by atoms with Gasteiger partial charge in [0, 0.05) is 49.9 Å². The molecule has 0 aliphatic carbocycles. The van der Waals surface area contributed by atoms with E-state index < -0.39 is 0 Å². The molecular weight excluding hydrogens is 364 g/mol. The number of aryl methyl sites for hydroxylation is 1. The Kier molecular flexibility index (Phi) is 4.55. The summed E-state index contributed by atoms with van der Waals surface area (Å²) in [5.41, 5.74) is 1.24. The predicted molar refractivity (Wildman–Crippen MR) is 106 cm³/mol. The Morgan fingerprint density at radius 3 is 2.85 bits per heavy atom. The lowest BCUT2D eigenvalue weighted by atomic mass is 9.99. The van der Waals surface area contributed by atoms with Gasteiger partial charge in [-0.05, 0) is 32.2 Å². The van der Waals surface area contributed by atoms with E-state index in [0.717, 1.165) is 36.6 Å². The lowest BCUT2D eigenvalue weighted by Crippen LogP contribution is -2.49. The Balaban J connectivity index is 1.59. The standard InChI is InChI=1S/C19H24N4O3S/c1-19(2)9-14-15(25-13-10-23(11-13)27-4)7-12(8-16(14)26-19)18(24)20-17-5-6-22(3)21-17/h5-8,13H,9-11H2,1-4H3,(H,20,21,24). The molecule has 1 saturated heterocycles. The van der Waals surface area contributed by atoms with Crippen molar-refractivity contribution in [2.75, 3.05) is 24.7 Å². The molecule has 7 nitrogen and oxygen atoms in total. The maximum atomic E-state index is 12.7. The van der Waals surface area contributed by atoms with Gasteiger partial charge in [0.05, 0.1) is 0 Å². The highest BCUT2D eigenvalue weighted by molar-refractivity contribution is 7.96. The second-order valence-electron chi connectivity index (χ2n) is 7.59. The zero-order valence-corrected chi connectivity index (χ0v) is 16.8.